The number of nitrogens with two attached hydrogens (primary N) is 1. The van der Waals surface area contributed by atoms with E-state index in [1.54, 1.807) is 0 Å². The molecule has 2 atom stereocenters. The predicted octanol–water partition coefficient (Wildman–Crippen LogP) is -2.31. The van der Waals surface area contributed by atoms with Gasteiger partial charge in [0, 0.05) is 0 Å². The molecule has 0 heterocycles. The zero-order chi connectivity index (χ0) is 11.5. The van der Waals surface area contributed by atoms with Crippen LogP contribution in [0.4, 0.5) is 0 Å². The molecule has 8 nitrogen and oxygen atoms in total. The fourth-order valence-electron chi connectivity index (χ4n) is 0.753. The summed E-state index contributed by atoms with van der Waals surface area (Å²) in [6.45, 7) is 0. The number of carboxylic acids is 3. The van der Waals surface area contributed by atoms with E-state index in [-0.39, 0.29) is 0 Å². The molecule has 0 saturated heterocycles. The van der Waals surface area contributed by atoms with Crippen LogP contribution in [-0.2, 0) is 14.4 Å². The maximum Gasteiger partial charge on any atom is 0.338 e. The largest absolute Gasteiger partial charge is 0.481 e. The second-order valence-electron chi connectivity index (χ2n) is 2.62. The Kier molecular flexibility index (Phi) is 3.55. The Morgan fingerprint density at radius 3 is 1.86 bits per heavy atom. The Morgan fingerprint density at radius 1 is 1.21 bits per heavy atom. The van der Waals surface area contributed by atoms with Gasteiger partial charge in [-0.05, 0) is 0 Å². The van der Waals surface area contributed by atoms with Gasteiger partial charge in [-0.2, -0.15) is 0 Å². The van der Waals surface area contributed by atoms with Crippen molar-refractivity contribution in [3.63, 3.8) is 0 Å². The van der Waals surface area contributed by atoms with Crippen LogP contribution in [0.2, 0.25) is 0 Å². The molecule has 0 aromatic rings. The number of aliphatic hydroxyl groups is 1. The van der Waals surface area contributed by atoms with Gasteiger partial charge in [-0.25, -0.2) is 4.79 Å². The van der Waals surface area contributed by atoms with Gasteiger partial charge < -0.3 is 26.2 Å². The Balaban J connectivity index is 4.99. The normalized spacial score (nSPS) is 16.7. The van der Waals surface area contributed by atoms with Gasteiger partial charge in [-0.3, -0.25) is 9.59 Å². The van der Waals surface area contributed by atoms with Gasteiger partial charge in [0.25, 0.3) is 0 Å². The van der Waals surface area contributed by atoms with Crippen molar-refractivity contribution in [3.05, 3.63) is 0 Å². The highest BCUT2D eigenvalue weighted by Crippen LogP contribution is 2.15. The maximum absolute atomic E-state index is 10.4. The lowest BCUT2D eigenvalue weighted by molar-refractivity contribution is -0.172. The van der Waals surface area contributed by atoms with Crippen LogP contribution in [0.25, 0.3) is 0 Å². The van der Waals surface area contributed by atoms with Crippen LogP contribution in [-0.4, -0.2) is 50.0 Å². The van der Waals surface area contributed by atoms with E-state index in [9.17, 15) is 19.5 Å². The zero-order valence-corrected chi connectivity index (χ0v) is 6.88. The van der Waals surface area contributed by atoms with E-state index in [0.29, 0.717) is 0 Å². The number of hydrogen-bond donors (Lipinski definition) is 5. The average molecular weight is 207 g/mol. The van der Waals surface area contributed by atoms with Crippen LogP contribution in [0.1, 0.15) is 6.42 Å². The molecule has 0 aromatic carbocycles. The molecule has 6 N–H and O–H groups in total. The fourth-order valence-corrected chi connectivity index (χ4v) is 0.753. The molecule has 80 valence electrons. The number of aliphatic carboxylic acids is 3. The quantitative estimate of drug-likeness (QED) is 0.336. The molecule has 0 spiro atoms. The van der Waals surface area contributed by atoms with Crippen molar-refractivity contribution >= 4 is 17.9 Å². The molecular formula is C6H9NO7. The topological polar surface area (TPSA) is 158 Å². The van der Waals surface area contributed by atoms with Gasteiger partial charge in [0.05, 0.1) is 6.42 Å². The summed E-state index contributed by atoms with van der Waals surface area (Å²) in [6.07, 6.45) is -1.28. The highest BCUT2D eigenvalue weighted by molar-refractivity contribution is 5.91. The molecule has 2 unspecified atom stereocenters. The number of rotatable bonds is 5. The Morgan fingerprint density at radius 2 is 1.64 bits per heavy atom. The van der Waals surface area contributed by atoms with E-state index < -0.39 is 36.0 Å². The van der Waals surface area contributed by atoms with Crippen molar-refractivity contribution in [2.45, 2.75) is 18.1 Å². The summed E-state index contributed by atoms with van der Waals surface area (Å²) in [6, 6.07) is -2.20. The number of carbonyl (C=O) groups is 3. The second kappa shape index (κ2) is 4.03. The van der Waals surface area contributed by atoms with Crippen LogP contribution in [0.3, 0.4) is 0 Å². The van der Waals surface area contributed by atoms with E-state index >= 15 is 0 Å². The molecule has 0 rings (SSSR count). The van der Waals surface area contributed by atoms with E-state index in [4.69, 9.17) is 21.1 Å². The third-order valence-electron chi connectivity index (χ3n) is 1.57. The lowest BCUT2D eigenvalue weighted by atomic mass is 9.91. The first-order valence-corrected chi connectivity index (χ1v) is 3.37. The first-order chi connectivity index (χ1) is 6.21. The molecule has 0 aliphatic rings. The van der Waals surface area contributed by atoms with Gasteiger partial charge in [-0.1, -0.05) is 0 Å². The van der Waals surface area contributed by atoms with Gasteiger partial charge in [0.15, 0.2) is 5.60 Å². The minimum atomic E-state index is -3.00. The van der Waals surface area contributed by atoms with Crippen molar-refractivity contribution < 1.29 is 34.8 Å². The van der Waals surface area contributed by atoms with Gasteiger partial charge in [0.2, 0.25) is 0 Å². The molecule has 8 heteroatoms. The van der Waals surface area contributed by atoms with Crippen molar-refractivity contribution in [2.24, 2.45) is 5.73 Å². The molecule has 0 aliphatic carbocycles. The summed E-state index contributed by atoms with van der Waals surface area (Å²) >= 11 is 0. The molecule has 0 fully saturated rings. The zero-order valence-electron chi connectivity index (χ0n) is 6.88. The van der Waals surface area contributed by atoms with Crippen LogP contribution in [0.5, 0.6) is 0 Å². The molecule has 0 aromatic heterocycles. The smallest absolute Gasteiger partial charge is 0.338 e. The van der Waals surface area contributed by atoms with Gasteiger partial charge in [-0.15, -0.1) is 0 Å². The highest BCUT2D eigenvalue weighted by Gasteiger charge is 2.48. The molecule has 0 saturated carbocycles. The van der Waals surface area contributed by atoms with Crippen LogP contribution in [0, 0.1) is 0 Å². The van der Waals surface area contributed by atoms with Gasteiger partial charge in [0.1, 0.15) is 6.04 Å². The summed E-state index contributed by atoms with van der Waals surface area (Å²) in [4.78, 5) is 30.9. The summed E-state index contributed by atoms with van der Waals surface area (Å²) in [5.74, 6) is -5.45. The standard InChI is InChI=1S/C6H9NO7/c7-3(4(10)11)6(14,5(12)13)1-2(8)9/h3,14H,1,7H2,(H,8,9)(H,10,11)(H,12,13). The molecular weight excluding hydrogens is 198 g/mol. The SMILES string of the molecule is NC(C(=O)O)C(O)(CC(=O)O)C(=O)O. The molecule has 14 heavy (non-hydrogen) atoms. The Hall–Kier alpha value is -1.67. The second-order valence-corrected chi connectivity index (χ2v) is 2.62. The minimum absolute atomic E-state index is 1.28. The van der Waals surface area contributed by atoms with Crippen LogP contribution in [0.15, 0.2) is 0 Å². The minimum Gasteiger partial charge on any atom is -0.481 e. The third-order valence-corrected chi connectivity index (χ3v) is 1.57. The lowest BCUT2D eigenvalue weighted by Gasteiger charge is -2.24. The Labute approximate surface area is 77.6 Å². The third kappa shape index (κ3) is 2.41. The summed E-state index contributed by atoms with van der Waals surface area (Å²) in [5.41, 5.74) is 1.85. The number of hydrogen-bond acceptors (Lipinski definition) is 5. The first kappa shape index (κ1) is 12.3. The molecule has 0 amide bonds. The molecule has 0 radical (unpaired) electrons. The Bertz CT molecular complexity index is 275. The first-order valence-electron chi connectivity index (χ1n) is 3.37. The van der Waals surface area contributed by atoms with Crippen LogP contribution < -0.4 is 5.73 Å². The lowest BCUT2D eigenvalue weighted by Crippen LogP contribution is -2.58. The van der Waals surface area contributed by atoms with Crippen molar-refractivity contribution in [1.82, 2.24) is 0 Å². The molecule has 0 aliphatic heterocycles. The van der Waals surface area contributed by atoms with E-state index in [1.165, 1.54) is 0 Å². The molecule has 0 bridgehead atoms. The van der Waals surface area contributed by atoms with Gasteiger partial charge >= 0.3 is 17.9 Å². The summed E-state index contributed by atoms with van der Waals surface area (Å²) in [7, 11) is 0. The fraction of sp³-hybridized carbons (Fsp3) is 0.500. The highest BCUT2D eigenvalue weighted by atomic mass is 16.4. The van der Waals surface area contributed by atoms with Crippen LogP contribution >= 0.6 is 0 Å². The van der Waals surface area contributed by atoms with Crippen molar-refractivity contribution in [1.29, 1.82) is 0 Å². The van der Waals surface area contributed by atoms with E-state index in [1.807, 2.05) is 0 Å². The monoisotopic (exact) mass is 207 g/mol. The van der Waals surface area contributed by atoms with E-state index in [0.717, 1.165) is 0 Å². The predicted molar refractivity (Wildman–Crippen MR) is 40.4 cm³/mol. The maximum atomic E-state index is 10.4. The van der Waals surface area contributed by atoms with Crippen molar-refractivity contribution in [2.75, 3.05) is 0 Å². The summed E-state index contributed by atoms with van der Waals surface area (Å²) in [5, 5.41) is 34.3. The van der Waals surface area contributed by atoms with E-state index in [2.05, 4.69) is 0 Å². The average Bonchev–Trinajstić information content (AvgIpc) is 2.00. The summed E-state index contributed by atoms with van der Waals surface area (Å²) < 4.78 is 0. The number of carboxylic acid groups (broad SMARTS) is 3. The van der Waals surface area contributed by atoms with Crippen molar-refractivity contribution in [3.8, 4) is 0 Å².